The van der Waals surface area contributed by atoms with E-state index in [0.717, 1.165) is 0 Å². The molecule has 0 unspecified atom stereocenters. The van der Waals surface area contributed by atoms with Gasteiger partial charge in [-0.05, 0) is 38.5 Å². The van der Waals surface area contributed by atoms with Crippen LogP contribution in [0.4, 0.5) is 4.79 Å². The summed E-state index contributed by atoms with van der Waals surface area (Å²) in [5.74, 6) is -0.292. The Morgan fingerprint density at radius 2 is 2.11 bits per heavy atom. The van der Waals surface area contributed by atoms with Crippen molar-refractivity contribution in [3.05, 3.63) is 29.3 Å². The number of nitrogens with two attached hydrogens (primary N) is 1. The Labute approximate surface area is 112 Å². The Balaban J connectivity index is 2.62. The summed E-state index contributed by atoms with van der Waals surface area (Å²) in [6, 6.07) is 4.66. The van der Waals surface area contributed by atoms with Gasteiger partial charge in [-0.3, -0.25) is 5.41 Å². The normalized spacial score (nSPS) is 10.9. The molecule has 0 aliphatic heterocycles. The molecule has 0 saturated heterocycles. The van der Waals surface area contributed by atoms with Gasteiger partial charge in [0.15, 0.2) is 0 Å². The van der Waals surface area contributed by atoms with Crippen molar-refractivity contribution in [2.24, 2.45) is 5.73 Å². The second kappa shape index (κ2) is 5.60. The molecule has 0 spiro atoms. The number of amidine groups is 1. The number of phenolic OH excluding ortho intramolecular Hbond substituents is 1. The maximum atomic E-state index is 11.4. The van der Waals surface area contributed by atoms with Crippen LogP contribution >= 0.6 is 0 Å². The molecule has 1 rings (SSSR count). The monoisotopic (exact) mass is 265 g/mol. The van der Waals surface area contributed by atoms with Crippen molar-refractivity contribution in [2.75, 3.05) is 0 Å². The number of amides is 1. The quantitative estimate of drug-likeness (QED) is 0.492. The Kier molecular flexibility index (Phi) is 4.37. The van der Waals surface area contributed by atoms with Gasteiger partial charge in [-0.2, -0.15) is 0 Å². The molecule has 19 heavy (non-hydrogen) atoms. The third kappa shape index (κ3) is 4.87. The largest absolute Gasteiger partial charge is 0.507 e. The van der Waals surface area contributed by atoms with E-state index in [1.807, 2.05) is 0 Å². The van der Waals surface area contributed by atoms with Gasteiger partial charge < -0.3 is 20.9 Å². The Morgan fingerprint density at radius 3 is 2.58 bits per heavy atom. The number of carbonyl (C=O) groups excluding carboxylic acids is 1. The smallest absolute Gasteiger partial charge is 0.407 e. The second-order valence-electron chi connectivity index (χ2n) is 5.12. The van der Waals surface area contributed by atoms with Crippen molar-refractivity contribution in [1.29, 1.82) is 5.41 Å². The van der Waals surface area contributed by atoms with Crippen molar-refractivity contribution < 1.29 is 14.6 Å². The van der Waals surface area contributed by atoms with Gasteiger partial charge in [0.25, 0.3) is 0 Å². The summed E-state index contributed by atoms with van der Waals surface area (Å²) < 4.78 is 5.08. The zero-order valence-corrected chi connectivity index (χ0v) is 11.3. The average molecular weight is 265 g/mol. The predicted molar refractivity (Wildman–Crippen MR) is 72.2 cm³/mol. The van der Waals surface area contributed by atoms with Crippen LogP contribution in [-0.2, 0) is 11.3 Å². The van der Waals surface area contributed by atoms with Crippen LogP contribution in [0.15, 0.2) is 18.2 Å². The molecule has 0 saturated carbocycles. The number of rotatable bonds is 3. The fourth-order valence-corrected chi connectivity index (χ4v) is 1.40. The molecular weight excluding hydrogens is 246 g/mol. The van der Waals surface area contributed by atoms with E-state index in [4.69, 9.17) is 15.9 Å². The summed E-state index contributed by atoms with van der Waals surface area (Å²) in [6.45, 7) is 5.56. The molecule has 6 nitrogen and oxygen atoms in total. The minimum absolute atomic E-state index is 0.0870. The van der Waals surface area contributed by atoms with Crippen molar-refractivity contribution in [3.63, 3.8) is 0 Å². The van der Waals surface area contributed by atoms with Crippen LogP contribution in [0.1, 0.15) is 31.9 Å². The van der Waals surface area contributed by atoms with Crippen molar-refractivity contribution in [3.8, 4) is 5.75 Å². The van der Waals surface area contributed by atoms with E-state index in [2.05, 4.69) is 5.32 Å². The first kappa shape index (κ1) is 14.8. The Bertz CT molecular complexity index is 492. The van der Waals surface area contributed by atoms with Gasteiger partial charge in [0.1, 0.15) is 17.2 Å². The highest BCUT2D eigenvalue weighted by molar-refractivity contribution is 5.97. The van der Waals surface area contributed by atoms with Gasteiger partial charge in [0.05, 0.1) is 5.56 Å². The summed E-state index contributed by atoms with van der Waals surface area (Å²) in [5, 5.41) is 19.5. The van der Waals surface area contributed by atoms with E-state index >= 15 is 0 Å². The number of ether oxygens (including phenoxy) is 1. The molecule has 1 aromatic rings. The van der Waals surface area contributed by atoms with Crippen LogP contribution in [0.5, 0.6) is 5.75 Å². The van der Waals surface area contributed by atoms with Gasteiger partial charge in [-0.25, -0.2) is 4.79 Å². The zero-order valence-electron chi connectivity index (χ0n) is 11.3. The van der Waals surface area contributed by atoms with E-state index in [1.165, 1.54) is 12.1 Å². The van der Waals surface area contributed by atoms with E-state index in [0.29, 0.717) is 5.56 Å². The van der Waals surface area contributed by atoms with Crippen molar-refractivity contribution in [1.82, 2.24) is 5.32 Å². The van der Waals surface area contributed by atoms with Crippen LogP contribution < -0.4 is 11.1 Å². The zero-order chi connectivity index (χ0) is 14.6. The maximum absolute atomic E-state index is 11.4. The second-order valence-corrected chi connectivity index (χ2v) is 5.12. The number of alkyl carbamates (subject to hydrolysis) is 1. The maximum Gasteiger partial charge on any atom is 0.407 e. The molecule has 0 aliphatic rings. The highest BCUT2D eigenvalue weighted by Crippen LogP contribution is 2.18. The van der Waals surface area contributed by atoms with Gasteiger partial charge in [-0.15, -0.1) is 0 Å². The number of nitrogens with one attached hydrogen (secondary N) is 2. The molecule has 0 aromatic heterocycles. The summed E-state index contributed by atoms with van der Waals surface area (Å²) >= 11 is 0. The minimum Gasteiger partial charge on any atom is -0.507 e. The predicted octanol–water partition coefficient (Wildman–Crippen LogP) is 1.70. The van der Waals surface area contributed by atoms with Crippen LogP contribution in [0, 0.1) is 5.41 Å². The molecular formula is C13H19N3O3. The Hall–Kier alpha value is -2.24. The van der Waals surface area contributed by atoms with Gasteiger partial charge >= 0.3 is 6.09 Å². The standard InChI is InChI=1S/C13H19N3O3/c1-13(2,3)19-12(18)16-7-8-4-5-9(11(14)15)10(17)6-8/h4-6,17H,7H2,1-3H3,(H3,14,15)(H,16,18). The molecule has 0 heterocycles. The highest BCUT2D eigenvalue weighted by atomic mass is 16.6. The van der Waals surface area contributed by atoms with E-state index in [1.54, 1.807) is 26.8 Å². The van der Waals surface area contributed by atoms with Gasteiger partial charge in [0.2, 0.25) is 0 Å². The lowest BCUT2D eigenvalue weighted by molar-refractivity contribution is 0.0523. The van der Waals surface area contributed by atoms with Gasteiger partial charge in [0, 0.05) is 6.54 Å². The first-order valence-electron chi connectivity index (χ1n) is 5.82. The number of aromatic hydroxyl groups is 1. The lowest BCUT2D eigenvalue weighted by Gasteiger charge is -2.19. The van der Waals surface area contributed by atoms with Crippen LogP contribution in [0.2, 0.25) is 0 Å². The van der Waals surface area contributed by atoms with Gasteiger partial charge in [-0.1, -0.05) is 6.07 Å². The molecule has 1 aromatic carbocycles. The topological polar surface area (TPSA) is 108 Å². The lowest BCUT2D eigenvalue weighted by Crippen LogP contribution is -2.32. The van der Waals surface area contributed by atoms with Crippen LogP contribution in [0.3, 0.4) is 0 Å². The van der Waals surface area contributed by atoms with E-state index in [-0.39, 0.29) is 23.7 Å². The molecule has 0 fully saturated rings. The molecule has 1 amide bonds. The first-order valence-corrected chi connectivity index (χ1v) is 5.82. The number of nitrogen functional groups attached to an aromatic ring is 1. The first-order chi connectivity index (χ1) is 8.69. The fourth-order valence-electron chi connectivity index (χ4n) is 1.40. The Morgan fingerprint density at radius 1 is 1.47 bits per heavy atom. The summed E-state index contributed by atoms with van der Waals surface area (Å²) in [6.07, 6.45) is -0.525. The number of phenols is 1. The fraction of sp³-hybridized carbons (Fsp3) is 0.385. The number of hydrogen-bond acceptors (Lipinski definition) is 4. The van der Waals surface area contributed by atoms with E-state index in [9.17, 15) is 9.90 Å². The third-order valence-electron chi connectivity index (χ3n) is 2.19. The molecule has 104 valence electrons. The van der Waals surface area contributed by atoms with Crippen LogP contribution in [0.25, 0.3) is 0 Å². The number of benzene rings is 1. The average Bonchev–Trinajstić information content (AvgIpc) is 2.23. The molecule has 5 N–H and O–H groups in total. The number of carbonyl (C=O) groups is 1. The van der Waals surface area contributed by atoms with Crippen molar-refractivity contribution >= 4 is 11.9 Å². The summed E-state index contributed by atoms with van der Waals surface area (Å²) in [4.78, 5) is 11.4. The van der Waals surface area contributed by atoms with Crippen LogP contribution in [-0.4, -0.2) is 22.6 Å². The molecule has 0 radical (unpaired) electrons. The number of hydrogen-bond donors (Lipinski definition) is 4. The van der Waals surface area contributed by atoms with Crippen molar-refractivity contribution in [2.45, 2.75) is 32.9 Å². The summed E-state index contributed by atoms with van der Waals surface area (Å²) in [7, 11) is 0. The molecule has 6 heteroatoms. The molecule has 0 aliphatic carbocycles. The molecule has 0 bridgehead atoms. The SMILES string of the molecule is CC(C)(C)OC(=O)NCc1ccc(C(=N)N)c(O)c1. The third-order valence-corrected chi connectivity index (χ3v) is 2.19. The highest BCUT2D eigenvalue weighted by Gasteiger charge is 2.15. The van der Waals surface area contributed by atoms with E-state index < -0.39 is 11.7 Å². The summed E-state index contributed by atoms with van der Waals surface area (Å²) in [5.41, 5.74) is 5.69. The molecule has 0 atom stereocenters. The lowest BCUT2D eigenvalue weighted by atomic mass is 10.1. The minimum atomic E-state index is -0.551.